The molecule has 0 saturated heterocycles. The van der Waals surface area contributed by atoms with E-state index in [1.807, 2.05) is 13.8 Å². The van der Waals surface area contributed by atoms with Crippen LogP contribution in [0.25, 0.3) is 0 Å². The van der Waals surface area contributed by atoms with E-state index in [0.717, 1.165) is 24.0 Å². The Morgan fingerprint density at radius 3 is 2.62 bits per heavy atom. The summed E-state index contributed by atoms with van der Waals surface area (Å²) in [6.45, 7) is 5.26. The molecule has 0 amide bonds. The molecule has 0 spiro atoms. The summed E-state index contributed by atoms with van der Waals surface area (Å²) >= 11 is 3.67. The van der Waals surface area contributed by atoms with Crippen LogP contribution in [0.15, 0.2) is 38.1 Å². The minimum Gasteiger partial charge on any atom is -0.444 e. The predicted molar refractivity (Wildman–Crippen MR) is 99.2 cm³/mol. The van der Waals surface area contributed by atoms with E-state index in [4.69, 9.17) is 4.42 Å². The largest absolute Gasteiger partial charge is 0.444 e. The van der Waals surface area contributed by atoms with Crippen LogP contribution >= 0.6 is 15.9 Å². The first-order valence-corrected chi connectivity index (χ1v) is 8.96. The van der Waals surface area contributed by atoms with Crippen molar-refractivity contribution in [3.05, 3.63) is 51.6 Å². The summed E-state index contributed by atoms with van der Waals surface area (Å²) in [7, 11) is 1.78. The highest BCUT2D eigenvalue weighted by atomic mass is 79.9. The van der Waals surface area contributed by atoms with Crippen LogP contribution in [0.2, 0.25) is 0 Å². The number of nitrogens with zero attached hydrogens (tertiary/aromatic N) is 2. The molecule has 1 aliphatic rings. The average molecular weight is 391 g/mol. The van der Waals surface area contributed by atoms with Gasteiger partial charge in [-0.2, -0.15) is 0 Å². The number of aromatic nitrogens is 1. The number of aliphatic imine (C=N–C) groups is 1. The van der Waals surface area contributed by atoms with Gasteiger partial charge in [0, 0.05) is 23.5 Å². The monoisotopic (exact) mass is 390 g/mol. The van der Waals surface area contributed by atoms with E-state index >= 15 is 0 Å². The zero-order valence-electron chi connectivity index (χ0n) is 14.3. The van der Waals surface area contributed by atoms with Crippen molar-refractivity contribution < 1.29 is 4.42 Å². The van der Waals surface area contributed by atoms with Crippen LogP contribution in [0, 0.1) is 13.8 Å². The molecule has 5 nitrogen and oxygen atoms in total. The zero-order chi connectivity index (χ0) is 17.2. The van der Waals surface area contributed by atoms with Crippen molar-refractivity contribution in [2.75, 3.05) is 13.6 Å². The van der Waals surface area contributed by atoms with Crippen LogP contribution < -0.4 is 10.6 Å². The Kier molecular flexibility index (Phi) is 4.94. The molecule has 1 saturated carbocycles. The number of rotatable bonds is 5. The van der Waals surface area contributed by atoms with E-state index in [0.29, 0.717) is 12.4 Å². The van der Waals surface area contributed by atoms with Gasteiger partial charge in [-0.1, -0.05) is 34.1 Å². The summed E-state index contributed by atoms with van der Waals surface area (Å²) in [5.41, 5.74) is 2.50. The van der Waals surface area contributed by atoms with Crippen LogP contribution in [0.4, 0.5) is 0 Å². The third-order valence-electron chi connectivity index (χ3n) is 4.60. The van der Waals surface area contributed by atoms with Crippen LogP contribution in [0.1, 0.15) is 35.7 Å². The molecule has 1 heterocycles. The van der Waals surface area contributed by atoms with Crippen LogP contribution in [-0.2, 0) is 12.0 Å². The van der Waals surface area contributed by atoms with Gasteiger partial charge in [-0.05, 0) is 38.3 Å². The minimum atomic E-state index is 0.202. The molecule has 3 rings (SSSR count). The number of hydrogen-bond acceptors (Lipinski definition) is 3. The smallest absolute Gasteiger partial charge is 0.214 e. The van der Waals surface area contributed by atoms with Gasteiger partial charge >= 0.3 is 0 Å². The molecule has 0 radical (unpaired) electrons. The van der Waals surface area contributed by atoms with Gasteiger partial charge in [-0.25, -0.2) is 4.98 Å². The van der Waals surface area contributed by atoms with Gasteiger partial charge in [-0.3, -0.25) is 4.99 Å². The van der Waals surface area contributed by atoms with Gasteiger partial charge in [0.1, 0.15) is 5.76 Å². The molecular formula is C18H23BrN4O. The SMILES string of the molecule is CN=C(NCc1nc(C)c(C)o1)NCC1(c2ccccc2Br)CC1. The molecular weight excluding hydrogens is 368 g/mol. The molecule has 24 heavy (non-hydrogen) atoms. The van der Waals surface area contributed by atoms with Crippen LogP contribution in [0.5, 0.6) is 0 Å². The minimum absolute atomic E-state index is 0.202. The number of oxazole rings is 1. The molecule has 0 aliphatic heterocycles. The number of aryl methyl sites for hydroxylation is 2. The highest BCUT2D eigenvalue weighted by Crippen LogP contribution is 2.49. The van der Waals surface area contributed by atoms with Crippen molar-refractivity contribution in [3.8, 4) is 0 Å². The third-order valence-corrected chi connectivity index (χ3v) is 5.29. The van der Waals surface area contributed by atoms with Gasteiger partial charge in [0.15, 0.2) is 5.96 Å². The van der Waals surface area contributed by atoms with Gasteiger partial charge in [0.2, 0.25) is 5.89 Å². The molecule has 1 aromatic carbocycles. The molecule has 1 fully saturated rings. The molecule has 2 N–H and O–H groups in total. The van der Waals surface area contributed by atoms with E-state index in [2.05, 4.69) is 60.8 Å². The number of guanidine groups is 1. The molecule has 6 heteroatoms. The lowest BCUT2D eigenvalue weighted by molar-refractivity contribution is 0.463. The van der Waals surface area contributed by atoms with E-state index in [1.165, 1.54) is 22.9 Å². The quantitative estimate of drug-likeness (QED) is 0.606. The average Bonchev–Trinajstić information content (AvgIpc) is 3.28. The summed E-state index contributed by atoms with van der Waals surface area (Å²) in [6.07, 6.45) is 2.38. The summed E-state index contributed by atoms with van der Waals surface area (Å²) in [4.78, 5) is 8.67. The highest BCUT2D eigenvalue weighted by molar-refractivity contribution is 9.10. The first-order chi connectivity index (χ1) is 11.5. The van der Waals surface area contributed by atoms with Gasteiger partial charge in [-0.15, -0.1) is 0 Å². The van der Waals surface area contributed by atoms with Crippen LogP contribution in [-0.4, -0.2) is 24.5 Å². The lowest BCUT2D eigenvalue weighted by atomic mass is 9.96. The number of nitrogens with one attached hydrogen (secondary N) is 2. The third kappa shape index (κ3) is 3.64. The van der Waals surface area contributed by atoms with Crippen molar-refractivity contribution in [2.24, 2.45) is 4.99 Å². The van der Waals surface area contributed by atoms with E-state index in [9.17, 15) is 0 Å². The molecule has 0 bridgehead atoms. The maximum Gasteiger partial charge on any atom is 0.214 e. The fourth-order valence-corrected chi connectivity index (χ4v) is 3.54. The number of hydrogen-bond donors (Lipinski definition) is 2. The molecule has 1 aliphatic carbocycles. The van der Waals surface area contributed by atoms with E-state index in [-0.39, 0.29) is 5.41 Å². The van der Waals surface area contributed by atoms with Crippen molar-refractivity contribution in [1.29, 1.82) is 0 Å². The second-order valence-electron chi connectivity index (χ2n) is 6.29. The summed E-state index contributed by atoms with van der Waals surface area (Å²) < 4.78 is 6.77. The lowest BCUT2D eigenvalue weighted by Crippen LogP contribution is -2.41. The fourth-order valence-electron chi connectivity index (χ4n) is 2.83. The fraction of sp³-hybridized carbons (Fsp3) is 0.444. The first kappa shape index (κ1) is 17.0. The Bertz CT molecular complexity index is 730. The molecule has 128 valence electrons. The Hall–Kier alpha value is -1.82. The second kappa shape index (κ2) is 6.97. The Labute approximate surface area is 151 Å². The van der Waals surface area contributed by atoms with Crippen molar-refractivity contribution >= 4 is 21.9 Å². The molecule has 1 aromatic heterocycles. The Morgan fingerprint density at radius 2 is 2.04 bits per heavy atom. The van der Waals surface area contributed by atoms with E-state index in [1.54, 1.807) is 7.05 Å². The normalized spacial score (nSPS) is 16.1. The highest BCUT2D eigenvalue weighted by Gasteiger charge is 2.45. The standard InChI is InChI=1S/C18H23BrN4O/c1-12-13(2)24-16(23-12)10-21-17(20-3)22-11-18(8-9-18)14-6-4-5-7-15(14)19/h4-7H,8-11H2,1-3H3,(H2,20,21,22). The maximum atomic E-state index is 5.59. The molecule has 2 aromatic rings. The topological polar surface area (TPSA) is 62.5 Å². The molecule has 0 unspecified atom stereocenters. The van der Waals surface area contributed by atoms with Crippen molar-refractivity contribution in [1.82, 2.24) is 15.6 Å². The first-order valence-electron chi connectivity index (χ1n) is 8.16. The second-order valence-corrected chi connectivity index (χ2v) is 7.14. The summed E-state index contributed by atoms with van der Waals surface area (Å²) in [5.74, 6) is 2.31. The van der Waals surface area contributed by atoms with Gasteiger partial charge < -0.3 is 15.1 Å². The van der Waals surface area contributed by atoms with Crippen LogP contribution in [0.3, 0.4) is 0 Å². The number of halogens is 1. The van der Waals surface area contributed by atoms with Crippen molar-refractivity contribution in [3.63, 3.8) is 0 Å². The lowest BCUT2D eigenvalue weighted by Gasteiger charge is -2.20. The van der Waals surface area contributed by atoms with Gasteiger partial charge in [0.25, 0.3) is 0 Å². The summed E-state index contributed by atoms with van der Waals surface area (Å²) in [6, 6.07) is 8.46. The summed E-state index contributed by atoms with van der Waals surface area (Å²) in [5, 5.41) is 6.70. The van der Waals surface area contributed by atoms with Gasteiger partial charge in [0.05, 0.1) is 12.2 Å². The number of benzene rings is 1. The zero-order valence-corrected chi connectivity index (χ0v) is 15.9. The maximum absolute atomic E-state index is 5.59. The molecule has 0 atom stereocenters. The van der Waals surface area contributed by atoms with E-state index < -0.39 is 0 Å². The Balaban J connectivity index is 1.57. The van der Waals surface area contributed by atoms with Crippen molar-refractivity contribution in [2.45, 2.75) is 38.6 Å². The predicted octanol–water partition coefficient (Wildman–Crippen LogP) is 3.45. The Morgan fingerprint density at radius 1 is 1.29 bits per heavy atom.